The molecule has 0 spiro atoms. The van der Waals surface area contributed by atoms with E-state index in [0.29, 0.717) is 28.6 Å². The highest BCUT2D eigenvalue weighted by Gasteiger charge is 2.11. The molecule has 1 amide bonds. The normalized spacial score (nSPS) is 10.0. The van der Waals surface area contributed by atoms with Gasteiger partial charge in [0.15, 0.2) is 0 Å². The fourth-order valence-corrected chi connectivity index (χ4v) is 2.37. The summed E-state index contributed by atoms with van der Waals surface area (Å²) in [6, 6.07) is 17.8. The molecule has 0 saturated heterocycles. The van der Waals surface area contributed by atoms with Gasteiger partial charge in [-0.05, 0) is 29.8 Å². The molecule has 128 valence electrons. The van der Waals surface area contributed by atoms with E-state index in [1.165, 1.54) is 6.33 Å². The van der Waals surface area contributed by atoms with Crippen molar-refractivity contribution in [3.63, 3.8) is 0 Å². The number of nitriles is 1. The first-order valence-electron chi connectivity index (χ1n) is 7.76. The van der Waals surface area contributed by atoms with Crippen molar-refractivity contribution in [1.82, 2.24) is 9.97 Å². The van der Waals surface area contributed by atoms with Gasteiger partial charge in [0.1, 0.15) is 23.9 Å². The van der Waals surface area contributed by atoms with Gasteiger partial charge in [0.25, 0.3) is 5.91 Å². The number of hydrogen-bond acceptors (Lipinski definition) is 5. The maximum Gasteiger partial charge on any atom is 0.274 e. The summed E-state index contributed by atoms with van der Waals surface area (Å²) >= 11 is 5.87. The van der Waals surface area contributed by atoms with Crippen LogP contribution in [0.5, 0.6) is 0 Å². The quantitative estimate of drug-likeness (QED) is 0.718. The van der Waals surface area contributed by atoms with E-state index in [0.717, 1.165) is 5.56 Å². The molecule has 0 aliphatic carbocycles. The molecule has 1 heterocycles. The Bertz CT molecular complexity index is 966. The van der Waals surface area contributed by atoms with Crippen molar-refractivity contribution in [1.29, 1.82) is 5.26 Å². The highest BCUT2D eigenvalue weighted by atomic mass is 35.5. The van der Waals surface area contributed by atoms with Crippen LogP contribution < -0.4 is 10.6 Å². The van der Waals surface area contributed by atoms with Gasteiger partial charge in [-0.25, -0.2) is 9.97 Å². The smallest absolute Gasteiger partial charge is 0.274 e. The average molecular weight is 364 g/mol. The van der Waals surface area contributed by atoms with Gasteiger partial charge in [0.2, 0.25) is 0 Å². The number of aromatic nitrogens is 2. The molecule has 0 aliphatic heterocycles. The van der Waals surface area contributed by atoms with Crippen LogP contribution in [-0.4, -0.2) is 15.9 Å². The minimum absolute atomic E-state index is 0.200. The van der Waals surface area contributed by atoms with Gasteiger partial charge < -0.3 is 10.6 Å². The number of halogens is 1. The van der Waals surface area contributed by atoms with Crippen LogP contribution in [0.2, 0.25) is 5.02 Å². The molecule has 3 rings (SSSR count). The Hall–Kier alpha value is -3.43. The number of carbonyl (C=O) groups excluding carboxylic acids is 1. The molecule has 26 heavy (non-hydrogen) atoms. The number of anilines is 2. The molecule has 7 heteroatoms. The Labute approximate surface area is 155 Å². The van der Waals surface area contributed by atoms with Crippen LogP contribution >= 0.6 is 11.6 Å². The number of carbonyl (C=O) groups is 1. The van der Waals surface area contributed by atoms with Crippen LogP contribution in [0.1, 0.15) is 21.6 Å². The summed E-state index contributed by atoms with van der Waals surface area (Å²) in [6.07, 6.45) is 1.31. The van der Waals surface area contributed by atoms with Gasteiger partial charge in [-0.2, -0.15) is 5.26 Å². The minimum Gasteiger partial charge on any atom is -0.366 e. The Morgan fingerprint density at radius 3 is 2.65 bits per heavy atom. The van der Waals surface area contributed by atoms with Crippen molar-refractivity contribution in [2.75, 3.05) is 10.6 Å². The molecule has 0 radical (unpaired) electrons. The number of hydrogen-bond donors (Lipinski definition) is 2. The Morgan fingerprint density at radius 1 is 1.12 bits per heavy atom. The van der Waals surface area contributed by atoms with Gasteiger partial charge in [-0.3, -0.25) is 4.79 Å². The minimum atomic E-state index is -0.412. The zero-order valence-corrected chi connectivity index (χ0v) is 14.4. The van der Waals surface area contributed by atoms with Crippen molar-refractivity contribution in [3.8, 4) is 6.07 Å². The SMILES string of the molecule is N#Cc1ccccc1NC(=O)c1cc(NCc2ccc(Cl)cc2)ncn1. The molecule has 0 saturated carbocycles. The second-order valence-electron chi connectivity index (χ2n) is 5.38. The summed E-state index contributed by atoms with van der Waals surface area (Å²) < 4.78 is 0. The third-order valence-corrected chi connectivity index (χ3v) is 3.83. The van der Waals surface area contributed by atoms with Crippen LogP contribution in [0.3, 0.4) is 0 Å². The maximum absolute atomic E-state index is 12.4. The summed E-state index contributed by atoms with van der Waals surface area (Å²) in [5.41, 5.74) is 2.05. The molecule has 0 fully saturated rings. The monoisotopic (exact) mass is 363 g/mol. The molecule has 3 aromatic rings. The van der Waals surface area contributed by atoms with E-state index in [2.05, 4.69) is 20.6 Å². The summed E-state index contributed by atoms with van der Waals surface area (Å²) in [5.74, 6) is 0.110. The second-order valence-corrected chi connectivity index (χ2v) is 5.82. The zero-order valence-electron chi connectivity index (χ0n) is 13.6. The van der Waals surface area contributed by atoms with Crippen molar-refractivity contribution < 1.29 is 4.79 Å². The summed E-state index contributed by atoms with van der Waals surface area (Å²) in [7, 11) is 0. The second kappa shape index (κ2) is 8.10. The van der Waals surface area contributed by atoms with Gasteiger partial charge in [0.05, 0.1) is 11.3 Å². The third-order valence-electron chi connectivity index (χ3n) is 3.58. The Kier molecular flexibility index (Phi) is 5.42. The zero-order chi connectivity index (χ0) is 18.4. The summed E-state index contributed by atoms with van der Waals surface area (Å²) in [5, 5.41) is 15.6. The number of para-hydroxylation sites is 1. The highest BCUT2D eigenvalue weighted by molar-refractivity contribution is 6.30. The molecule has 0 aliphatic rings. The predicted octanol–water partition coefficient (Wildman–Crippen LogP) is 3.87. The molecular weight excluding hydrogens is 350 g/mol. The van der Waals surface area contributed by atoms with E-state index in [4.69, 9.17) is 16.9 Å². The Morgan fingerprint density at radius 2 is 1.88 bits per heavy atom. The lowest BCUT2D eigenvalue weighted by Crippen LogP contribution is -2.15. The van der Waals surface area contributed by atoms with Gasteiger partial charge >= 0.3 is 0 Å². The molecule has 1 aromatic heterocycles. The lowest BCUT2D eigenvalue weighted by Gasteiger charge is -2.08. The lowest BCUT2D eigenvalue weighted by atomic mass is 10.2. The van der Waals surface area contributed by atoms with Crippen LogP contribution in [-0.2, 0) is 6.54 Å². The highest BCUT2D eigenvalue weighted by Crippen LogP contribution is 2.16. The molecule has 2 aromatic carbocycles. The van der Waals surface area contributed by atoms with Crippen LogP contribution in [0.4, 0.5) is 11.5 Å². The van der Waals surface area contributed by atoms with Gasteiger partial charge in [-0.15, -0.1) is 0 Å². The maximum atomic E-state index is 12.4. The molecule has 6 nitrogen and oxygen atoms in total. The summed E-state index contributed by atoms with van der Waals surface area (Å²) in [6.45, 7) is 0.534. The van der Waals surface area contributed by atoms with E-state index in [-0.39, 0.29) is 5.69 Å². The third kappa shape index (κ3) is 4.35. The number of amides is 1. The fourth-order valence-electron chi connectivity index (χ4n) is 2.25. The largest absolute Gasteiger partial charge is 0.366 e. The fraction of sp³-hybridized carbons (Fsp3) is 0.0526. The van der Waals surface area contributed by atoms with Gasteiger partial charge in [-0.1, -0.05) is 35.9 Å². The number of nitrogens with one attached hydrogen (secondary N) is 2. The van der Waals surface area contributed by atoms with Gasteiger partial charge in [0, 0.05) is 17.6 Å². The molecule has 0 atom stereocenters. The first-order valence-corrected chi connectivity index (χ1v) is 8.14. The molecule has 2 N–H and O–H groups in total. The Balaban J connectivity index is 1.69. The first-order chi connectivity index (χ1) is 12.7. The molecule has 0 unspecified atom stereocenters. The van der Waals surface area contributed by atoms with Crippen molar-refractivity contribution in [2.24, 2.45) is 0 Å². The van der Waals surface area contributed by atoms with Crippen LogP contribution in [0.15, 0.2) is 60.9 Å². The van der Waals surface area contributed by atoms with E-state index in [9.17, 15) is 4.79 Å². The van der Waals surface area contributed by atoms with E-state index < -0.39 is 5.91 Å². The van der Waals surface area contributed by atoms with Crippen molar-refractivity contribution in [3.05, 3.63) is 82.8 Å². The van der Waals surface area contributed by atoms with Crippen molar-refractivity contribution >= 4 is 29.0 Å². The molecule has 0 bridgehead atoms. The van der Waals surface area contributed by atoms with Crippen LogP contribution in [0, 0.1) is 11.3 Å². The van der Waals surface area contributed by atoms with E-state index >= 15 is 0 Å². The van der Waals surface area contributed by atoms with E-state index in [1.807, 2.05) is 30.3 Å². The topological polar surface area (TPSA) is 90.7 Å². The average Bonchev–Trinajstić information content (AvgIpc) is 2.68. The van der Waals surface area contributed by atoms with Crippen molar-refractivity contribution in [2.45, 2.75) is 6.54 Å². The van der Waals surface area contributed by atoms with Crippen LogP contribution in [0.25, 0.3) is 0 Å². The number of nitrogens with zero attached hydrogens (tertiary/aromatic N) is 3. The summed E-state index contributed by atoms with van der Waals surface area (Å²) in [4.78, 5) is 20.5. The predicted molar refractivity (Wildman–Crippen MR) is 99.9 cm³/mol. The standard InChI is InChI=1S/C19H14ClN5O/c20-15-7-5-13(6-8-15)11-22-18-9-17(23-12-24-18)19(26)25-16-4-2-1-3-14(16)10-21/h1-9,12H,11H2,(H,25,26)(H,22,23,24). The van der Waals surface area contributed by atoms with E-state index in [1.54, 1.807) is 30.3 Å². The number of rotatable bonds is 5. The number of benzene rings is 2. The first kappa shape index (κ1) is 17.4. The molecular formula is C19H14ClN5O. The lowest BCUT2D eigenvalue weighted by molar-refractivity contribution is 0.102.